The second kappa shape index (κ2) is 8.82. The smallest absolute Gasteiger partial charge is 0.290 e. The first-order chi connectivity index (χ1) is 14.2. The predicted octanol–water partition coefficient (Wildman–Crippen LogP) is 2.41. The maximum Gasteiger partial charge on any atom is 0.290 e. The third-order valence-electron chi connectivity index (χ3n) is 6.33. The second-order valence-corrected chi connectivity index (χ2v) is 8.13. The van der Waals surface area contributed by atoms with E-state index in [4.69, 9.17) is 14.6 Å². The van der Waals surface area contributed by atoms with Crippen molar-refractivity contribution in [2.75, 3.05) is 19.6 Å². The summed E-state index contributed by atoms with van der Waals surface area (Å²) >= 11 is 0. The Kier molecular flexibility index (Phi) is 5.99. The van der Waals surface area contributed by atoms with E-state index < -0.39 is 0 Å². The SMILES string of the molecule is O=C(N[C@@H]1CN2CCC1CC2)c1n[nH]c2ccc(OC3CCCC3)cc12.O=CO. The van der Waals surface area contributed by atoms with Crippen molar-refractivity contribution < 1.29 is 19.4 Å². The fourth-order valence-electron chi connectivity index (χ4n) is 4.80. The first kappa shape index (κ1) is 19.7. The van der Waals surface area contributed by atoms with Crippen molar-refractivity contribution in [3.8, 4) is 5.75 Å². The molecule has 1 saturated carbocycles. The van der Waals surface area contributed by atoms with Gasteiger partial charge in [0, 0.05) is 18.0 Å². The summed E-state index contributed by atoms with van der Waals surface area (Å²) in [4.78, 5) is 23.7. The number of hydrogen-bond donors (Lipinski definition) is 3. The number of amides is 1. The van der Waals surface area contributed by atoms with Gasteiger partial charge in [-0.15, -0.1) is 0 Å². The number of rotatable bonds is 4. The van der Waals surface area contributed by atoms with Crippen LogP contribution in [0.4, 0.5) is 0 Å². The van der Waals surface area contributed by atoms with Gasteiger partial charge >= 0.3 is 0 Å². The molecule has 0 spiro atoms. The molecular formula is C21H28N4O4. The second-order valence-electron chi connectivity index (χ2n) is 8.13. The molecule has 4 fully saturated rings. The van der Waals surface area contributed by atoms with E-state index in [0.29, 0.717) is 17.7 Å². The third kappa shape index (κ3) is 4.37. The van der Waals surface area contributed by atoms with Crippen molar-refractivity contribution in [2.24, 2.45) is 5.92 Å². The van der Waals surface area contributed by atoms with Crippen LogP contribution in [-0.4, -0.2) is 64.4 Å². The summed E-state index contributed by atoms with van der Waals surface area (Å²) < 4.78 is 6.10. The van der Waals surface area contributed by atoms with Crippen molar-refractivity contribution in [3.05, 3.63) is 23.9 Å². The molecule has 0 unspecified atom stereocenters. The Morgan fingerprint density at radius 2 is 1.97 bits per heavy atom. The van der Waals surface area contributed by atoms with Crippen molar-refractivity contribution in [3.63, 3.8) is 0 Å². The number of nitrogens with zero attached hydrogens (tertiary/aromatic N) is 2. The van der Waals surface area contributed by atoms with Crippen LogP contribution >= 0.6 is 0 Å². The summed E-state index contributed by atoms with van der Waals surface area (Å²) in [6, 6.07) is 6.13. The molecule has 6 rings (SSSR count). The van der Waals surface area contributed by atoms with Gasteiger partial charge in [-0.2, -0.15) is 5.10 Å². The number of fused-ring (bicyclic) bond motifs is 4. The zero-order chi connectivity index (χ0) is 20.2. The summed E-state index contributed by atoms with van der Waals surface area (Å²) in [5.74, 6) is 1.37. The average molecular weight is 400 g/mol. The molecule has 2 aromatic rings. The summed E-state index contributed by atoms with van der Waals surface area (Å²) in [6.07, 6.45) is 7.41. The van der Waals surface area contributed by atoms with Gasteiger partial charge in [0.1, 0.15) is 5.75 Å². The van der Waals surface area contributed by atoms with E-state index in [2.05, 4.69) is 20.4 Å². The van der Waals surface area contributed by atoms with E-state index in [1.165, 1.54) is 38.8 Å². The number of benzene rings is 1. The fourth-order valence-corrected chi connectivity index (χ4v) is 4.80. The number of aromatic amines is 1. The van der Waals surface area contributed by atoms with Crippen LogP contribution in [0.5, 0.6) is 5.75 Å². The van der Waals surface area contributed by atoms with Crippen LogP contribution in [0.1, 0.15) is 49.0 Å². The number of ether oxygens (including phenoxy) is 1. The number of carbonyl (C=O) groups is 2. The molecular weight excluding hydrogens is 372 g/mol. The highest BCUT2D eigenvalue weighted by Crippen LogP contribution is 2.29. The zero-order valence-electron chi connectivity index (χ0n) is 16.5. The van der Waals surface area contributed by atoms with E-state index in [1.54, 1.807) is 0 Å². The van der Waals surface area contributed by atoms with Crippen LogP contribution in [0, 0.1) is 5.92 Å². The molecule has 3 aliphatic heterocycles. The predicted molar refractivity (Wildman–Crippen MR) is 108 cm³/mol. The molecule has 2 bridgehead atoms. The van der Waals surface area contributed by atoms with Gasteiger partial charge in [0.25, 0.3) is 12.4 Å². The van der Waals surface area contributed by atoms with Gasteiger partial charge in [-0.25, -0.2) is 0 Å². The summed E-state index contributed by atoms with van der Waals surface area (Å²) in [6.45, 7) is 3.06. The van der Waals surface area contributed by atoms with Crippen molar-refractivity contribution >= 4 is 23.3 Å². The molecule has 3 N–H and O–H groups in total. The summed E-state index contributed by atoms with van der Waals surface area (Å²) in [7, 11) is 0. The Hall–Kier alpha value is -2.61. The lowest BCUT2D eigenvalue weighted by Crippen LogP contribution is -2.57. The molecule has 1 aromatic heterocycles. The standard InChI is InChI=1S/C20H26N4O2.CH2O2/c25-20(21-18-12-24-9-7-13(18)8-10-24)19-16-11-15(5-6-17(16)22-23-19)26-14-3-1-2-4-14;2-1-3/h5-6,11,13-14,18H,1-4,7-10,12H2,(H,21,25)(H,22,23);1H,(H,2,3)/t18-;/m1./s1. The average Bonchev–Trinajstić information content (AvgIpc) is 3.39. The summed E-state index contributed by atoms with van der Waals surface area (Å²) in [5, 5.41) is 18.2. The monoisotopic (exact) mass is 400 g/mol. The lowest BCUT2D eigenvalue weighted by atomic mass is 9.84. The molecule has 156 valence electrons. The molecule has 4 aliphatic rings. The van der Waals surface area contributed by atoms with Gasteiger partial charge in [-0.05, 0) is 75.7 Å². The zero-order valence-corrected chi connectivity index (χ0v) is 16.5. The Morgan fingerprint density at radius 1 is 1.24 bits per heavy atom. The van der Waals surface area contributed by atoms with E-state index >= 15 is 0 Å². The minimum absolute atomic E-state index is 0.0759. The molecule has 3 saturated heterocycles. The molecule has 1 amide bonds. The number of hydrogen-bond acceptors (Lipinski definition) is 5. The Labute approximate surface area is 169 Å². The van der Waals surface area contributed by atoms with E-state index in [1.807, 2.05) is 18.2 Å². The topological polar surface area (TPSA) is 108 Å². The molecule has 8 nitrogen and oxygen atoms in total. The van der Waals surface area contributed by atoms with Crippen LogP contribution < -0.4 is 10.1 Å². The van der Waals surface area contributed by atoms with Crippen LogP contribution in [0.2, 0.25) is 0 Å². The van der Waals surface area contributed by atoms with Gasteiger partial charge in [0.15, 0.2) is 5.69 Å². The first-order valence-electron chi connectivity index (χ1n) is 10.4. The molecule has 4 heterocycles. The lowest BCUT2D eigenvalue weighted by molar-refractivity contribution is -0.122. The number of aromatic nitrogens is 2. The van der Waals surface area contributed by atoms with E-state index in [-0.39, 0.29) is 18.4 Å². The lowest BCUT2D eigenvalue weighted by Gasteiger charge is -2.44. The van der Waals surface area contributed by atoms with E-state index in [0.717, 1.165) is 36.0 Å². The van der Waals surface area contributed by atoms with Crippen LogP contribution in [0.25, 0.3) is 10.9 Å². The van der Waals surface area contributed by atoms with Gasteiger partial charge < -0.3 is 20.1 Å². The van der Waals surface area contributed by atoms with Gasteiger partial charge in [-0.1, -0.05) is 0 Å². The molecule has 1 atom stereocenters. The highest BCUT2D eigenvalue weighted by atomic mass is 16.5. The number of piperidine rings is 3. The van der Waals surface area contributed by atoms with E-state index in [9.17, 15) is 4.79 Å². The molecule has 8 heteroatoms. The Morgan fingerprint density at radius 3 is 2.62 bits per heavy atom. The normalized spacial score (nSPS) is 26.0. The quantitative estimate of drug-likeness (QED) is 0.681. The summed E-state index contributed by atoms with van der Waals surface area (Å²) in [5.41, 5.74) is 1.36. The highest BCUT2D eigenvalue weighted by Gasteiger charge is 2.35. The van der Waals surface area contributed by atoms with Crippen LogP contribution in [-0.2, 0) is 4.79 Å². The van der Waals surface area contributed by atoms with Gasteiger partial charge in [0.2, 0.25) is 0 Å². The largest absolute Gasteiger partial charge is 0.490 e. The Bertz CT molecular complexity index is 853. The van der Waals surface area contributed by atoms with Crippen LogP contribution in [0.15, 0.2) is 18.2 Å². The maximum absolute atomic E-state index is 12.9. The van der Waals surface area contributed by atoms with Crippen molar-refractivity contribution in [2.45, 2.75) is 50.7 Å². The minimum Gasteiger partial charge on any atom is -0.490 e. The number of carboxylic acid groups (broad SMARTS) is 1. The number of nitrogens with one attached hydrogen (secondary N) is 2. The molecule has 1 aromatic carbocycles. The minimum atomic E-state index is -0.250. The van der Waals surface area contributed by atoms with Crippen molar-refractivity contribution in [1.82, 2.24) is 20.4 Å². The molecule has 29 heavy (non-hydrogen) atoms. The first-order valence-corrected chi connectivity index (χ1v) is 10.4. The maximum atomic E-state index is 12.9. The Balaban J connectivity index is 0.000000645. The van der Waals surface area contributed by atoms with Gasteiger partial charge in [0.05, 0.1) is 11.6 Å². The van der Waals surface area contributed by atoms with Crippen molar-refractivity contribution in [1.29, 1.82) is 0 Å². The fraction of sp³-hybridized carbons (Fsp3) is 0.571. The van der Waals surface area contributed by atoms with Gasteiger partial charge in [-0.3, -0.25) is 14.7 Å². The third-order valence-corrected chi connectivity index (χ3v) is 6.33. The highest BCUT2D eigenvalue weighted by molar-refractivity contribution is 6.05. The molecule has 1 aliphatic carbocycles. The number of H-pyrrole nitrogens is 1. The molecule has 0 radical (unpaired) electrons. The number of carbonyl (C=O) groups excluding carboxylic acids is 1. The van der Waals surface area contributed by atoms with Crippen LogP contribution in [0.3, 0.4) is 0 Å².